The summed E-state index contributed by atoms with van der Waals surface area (Å²) in [6.45, 7) is 11.1. The van der Waals surface area contributed by atoms with Crippen molar-refractivity contribution in [1.29, 1.82) is 0 Å². The van der Waals surface area contributed by atoms with E-state index >= 15 is 0 Å². The molecule has 9 nitrogen and oxygen atoms in total. The molecule has 3 aliphatic rings. The van der Waals surface area contributed by atoms with Crippen LogP contribution in [0.15, 0.2) is 48.8 Å². The average Bonchev–Trinajstić information content (AvgIpc) is 2.98. The number of likely N-dealkylation sites (N-methyl/N-ethyl adjacent to an activating group) is 1. The largest absolute Gasteiger partial charge is 0.462 e. The smallest absolute Gasteiger partial charge is 0.318 e. The molecule has 0 unspecified atom stereocenters. The van der Waals surface area contributed by atoms with Gasteiger partial charge >= 0.3 is 6.01 Å². The molecule has 3 aromatic rings. The predicted octanol–water partition coefficient (Wildman–Crippen LogP) is 4.08. The van der Waals surface area contributed by atoms with E-state index in [1.54, 1.807) is 0 Å². The Morgan fingerprint density at radius 3 is 2.55 bits per heavy atom. The minimum Gasteiger partial charge on any atom is -0.462 e. The van der Waals surface area contributed by atoms with Crippen LogP contribution in [0.25, 0.3) is 10.8 Å². The third-order valence-corrected chi connectivity index (χ3v) is 9.01. The second kappa shape index (κ2) is 11.7. The lowest BCUT2D eigenvalue weighted by molar-refractivity contribution is -0.128. The van der Waals surface area contributed by atoms with Crippen molar-refractivity contribution in [2.75, 3.05) is 75.9 Å². The lowest BCUT2D eigenvalue weighted by Gasteiger charge is -2.45. The first kappa shape index (κ1) is 28.6. The summed E-state index contributed by atoms with van der Waals surface area (Å²) in [6.07, 6.45) is 0.743. The van der Waals surface area contributed by atoms with Crippen molar-refractivity contribution in [2.24, 2.45) is 0 Å². The standard InChI is InChI=1S/C31H36ClFN6O3/c1-21(33)29(40)38-14-12-37(13-15-38)28-23-10-11-39(26-9-5-7-22-6-4-8-24(32)27(22)26)18-25(23)34-30(35-28)42-17-16-36(3)31(2)19-41-20-31/h4-9H,1,10-20H2,2-3H3. The topological polar surface area (TPSA) is 74.3 Å². The summed E-state index contributed by atoms with van der Waals surface area (Å²) < 4.78 is 25.1. The molecule has 222 valence electrons. The van der Waals surface area contributed by atoms with Crippen molar-refractivity contribution < 1.29 is 18.7 Å². The van der Waals surface area contributed by atoms with Crippen LogP contribution in [0.5, 0.6) is 6.01 Å². The quantitative estimate of drug-likeness (QED) is 0.361. The molecule has 3 aliphatic heterocycles. The van der Waals surface area contributed by atoms with Gasteiger partial charge in [0.05, 0.1) is 36.0 Å². The number of amides is 1. The molecule has 0 saturated carbocycles. The van der Waals surface area contributed by atoms with Gasteiger partial charge in [-0.05, 0) is 37.9 Å². The maximum Gasteiger partial charge on any atom is 0.318 e. The van der Waals surface area contributed by atoms with Crippen molar-refractivity contribution in [2.45, 2.75) is 25.4 Å². The van der Waals surface area contributed by atoms with Gasteiger partial charge < -0.3 is 24.2 Å². The second-order valence-electron chi connectivity index (χ2n) is 11.5. The van der Waals surface area contributed by atoms with E-state index in [0.717, 1.165) is 51.5 Å². The lowest BCUT2D eigenvalue weighted by atomic mass is 9.99. The molecule has 0 bridgehead atoms. The van der Waals surface area contributed by atoms with Gasteiger partial charge in [0.15, 0.2) is 5.83 Å². The van der Waals surface area contributed by atoms with Gasteiger partial charge in [-0.15, -0.1) is 0 Å². The maximum atomic E-state index is 13.5. The number of halogens is 2. The number of nitrogens with zero attached hydrogens (tertiary/aromatic N) is 6. The van der Waals surface area contributed by atoms with Gasteiger partial charge in [0.1, 0.15) is 12.4 Å². The summed E-state index contributed by atoms with van der Waals surface area (Å²) in [5.74, 6) is -0.758. The Morgan fingerprint density at radius 1 is 1.12 bits per heavy atom. The van der Waals surface area contributed by atoms with E-state index in [1.165, 1.54) is 4.90 Å². The third kappa shape index (κ3) is 5.50. The van der Waals surface area contributed by atoms with Gasteiger partial charge in [-0.25, -0.2) is 4.39 Å². The van der Waals surface area contributed by atoms with Crippen LogP contribution in [-0.2, 0) is 22.5 Å². The highest BCUT2D eigenvalue weighted by molar-refractivity contribution is 6.36. The van der Waals surface area contributed by atoms with Crippen molar-refractivity contribution in [1.82, 2.24) is 19.8 Å². The molecule has 11 heteroatoms. The van der Waals surface area contributed by atoms with Gasteiger partial charge in [0.2, 0.25) is 0 Å². The van der Waals surface area contributed by atoms with Crippen LogP contribution in [0.3, 0.4) is 0 Å². The van der Waals surface area contributed by atoms with Crippen molar-refractivity contribution >= 4 is 39.8 Å². The maximum absolute atomic E-state index is 13.5. The molecular formula is C31H36ClFN6O3. The number of hydrogen-bond acceptors (Lipinski definition) is 8. The molecule has 0 aliphatic carbocycles. The molecule has 6 rings (SSSR count). The van der Waals surface area contributed by atoms with Crippen LogP contribution in [0.2, 0.25) is 5.02 Å². The van der Waals surface area contributed by atoms with E-state index in [9.17, 15) is 9.18 Å². The molecule has 0 radical (unpaired) electrons. The molecule has 2 saturated heterocycles. The molecule has 42 heavy (non-hydrogen) atoms. The van der Waals surface area contributed by atoms with Crippen LogP contribution in [0.1, 0.15) is 18.2 Å². The van der Waals surface area contributed by atoms with Gasteiger partial charge in [-0.1, -0.05) is 42.4 Å². The Morgan fingerprint density at radius 2 is 1.86 bits per heavy atom. The molecule has 0 atom stereocenters. The number of ether oxygens (including phenoxy) is 2. The summed E-state index contributed by atoms with van der Waals surface area (Å²) in [7, 11) is 2.07. The van der Waals surface area contributed by atoms with Crippen LogP contribution >= 0.6 is 11.6 Å². The third-order valence-electron chi connectivity index (χ3n) is 8.70. The molecule has 4 heterocycles. The Bertz CT molecular complexity index is 1500. The zero-order valence-electron chi connectivity index (χ0n) is 24.1. The SMILES string of the molecule is C=C(F)C(=O)N1CCN(c2nc(OCCN(C)C3(C)COC3)nc3c2CCN(c2cccc4cccc(Cl)c24)C3)CC1. The molecule has 2 aromatic carbocycles. The summed E-state index contributed by atoms with van der Waals surface area (Å²) in [5.41, 5.74) is 3.08. The normalized spacial score (nSPS) is 18.2. The van der Waals surface area contributed by atoms with Crippen LogP contribution in [-0.4, -0.2) is 97.4 Å². The fraction of sp³-hybridized carbons (Fsp3) is 0.452. The fourth-order valence-electron chi connectivity index (χ4n) is 5.91. The highest BCUT2D eigenvalue weighted by Crippen LogP contribution is 2.37. The van der Waals surface area contributed by atoms with E-state index in [4.69, 9.17) is 31.0 Å². The number of rotatable bonds is 8. The van der Waals surface area contributed by atoms with Crippen molar-refractivity contribution in [3.05, 3.63) is 65.1 Å². The number of fused-ring (bicyclic) bond motifs is 2. The van der Waals surface area contributed by atoms with E-state index < -0.39 is 11.7 Å². The molecule has 1 aromatic heterocycles. The molecule has 0 spiro atoms. The number of aromatic nitrogens is 2. The van der Waals surface area contributed by atoms with Crippen LogP contribution in [0.4, 0.5) is 15.9 Å². The van der Waals surface area contributed by atoms with Crippen molar-refractivity contribution in [3.8, 4) is 6.01 Å². The summed E-state index contributed by atoms with van der Waals surface area (Å²) >= 11 is 6.67. The second-order valence-corrected chi connectivity index (χ2v) is 11.9. The van der Waals surface area contributed by atoms with Gasteiger partial charge in [-0.3, -0.25) is 9.69 Å². The van der Waals surface area contributed by atoms with E-state index in [2.05, 4.69) is 59.5 Å². The predicted molar refractivity (Wildman–Crippen MR) is 162 cm³/mol. The summed E-state index contributed by atoms with van der Waals surface area (Å²) in [4.78, 5) is 30.1. The first-order valence-electron chi connectivity index (χ1n) is 14.4. The Balaban J connectivity index is 1.27. The van der Waals surface area contributed by atoms with Gasteiger partial charge in [-0.2, -0.15) is 9.97 Å². The number of carbonyl (C=O) groups is 1. The number of carbonyl (C=O) groups excluding carboxylic acids is 1. The van der Waals surface area contributed by atoms with Crippen LogP contribution < -0.4 is 14.5 Å². The zero-order chi connectivity index (χ0) is 29.4. The monoisotopic (exact) mass is 594 g/mol. The number of hydrogen-bond donors (Lipinski definition) is 0. The Kier molecular flexibility index (Phi) is 7.95. The zero-order valence-corrected chi connectivity index (χ0v) is 24.9. The first-order chi connectivity index (χ1) is 20.2. The summed E-state index contributed by atoms with van der Waals surface area (Å²) in [6, 6.07) is 12.5. The fourth-order valence-corrected chi connectivity index (χ4v) is 6.19. The summed E-state index contributed by atoms with van der Waals surface area (Å²) in [5, 5.41) is 2.85. The van der Waals surface area contributed by atoms with Gasteiger partial charge in [0, 0.05) is 55.9 Å². The number of benzene rings is 2. The Labute approximate surface area is 250 Å². The molecule has 1 amide bonds. The van der Waals surface area contributed by atoms with E-state index in [1.807, 2.05) is 12.1 Å². The van der Waals surface area contributed by atoms with E-state index in [0.29, 0.717) is 65.1 Å². The molecular weight excluding hydrogens is 559 g/mol. The molecule has 2 fully saturated rings. The highest BCUT2D eigenvalue weighted by Gasteiger charge is 2.37. The average molecular weight is 595 g/mol. The number of piperazine rings is 1. The lowest BCUT2D eigenvalue weighted by Crippen LogP contribution is -2.59. The minimum absolute atomic E-state index is 0.0213. The van der Waals surface area contributed by atoms with Crippen molar-refractivity contribution in [3.63, 3.8) is 0 Å². The first-order valence-corrected chi connectivity index (χ1v) is 14.7. The Hall–Kier alpha value is -3.47. The van der Waals surface area contributed by atoms with E-state index in [-0.39, 0.29) is 5.54 Å². The number of anilines is 2. The molecule has 0 N–H and O–H groups in total. The van der Waals surface area contributed by atoms with Gasteiger partial charge in [0.25, 0.3) is 5.91 Å². The minimum atomic E-state index is -0.931. The highest BCUT2D eigenvalue weighted by atomic mass is 35.5. The van der Waals surface area contributed by atoms with Crippen LogP contribution in [0, 0.1) is 0 Å².